The van der Waals surface area contributed by atoms with E-state index in [0.717, 1.165) is 17.7 Å². The number of ether oxygens (including phenoxy) is 1. The van der Waals surface area contributed by atoms with E-state index in [4.69, 9.17) is 10.5 Å². The number of hydrogen-bond donors (Lipinski definition) is 1. The first-order valence-electron chi connectivity index (χ1n) is 4.77. The summed E-state index contributed by atoms with van der Waals surface area (Å²) >= 11 is 0. The minimum Gasteiger partial charge on any atom is -0.385 e. The second kappa shape index (κ2) is 4.53. The Labute approximate surface area is 85.3 Å². The molecule has 0 saturated heterocycles. The van der Waals surface area contributed by atoms with Crippen LogP contribution in [0, 0.1) is 6.92 Å². The Morgan fingerprint density at radius 1 is 1.50 bits per heavy atom. The maximum absolute atomic E-state index is 6.15. The van der Waals surface area contributed by atoms with Crippen LogP contribution in [0.15, 0.2) is 18.3 Å². The van der Waals surface area contributed by atoms with Crippen LogP contribution >= 0.6 is 0 Å². The lowest BCUT2D eigenvalue weighted by Gasteiger charge is -2.24. The summed E-state index contributed by atoms with van der Waals surface area (Å²) in [5.74, 6) is 0. The molecule has 0 aliphatic rings. The lowest BCUT2D eigenvalue weighted by atomic mass is 9.91. The third-order valence-corrected chi connectivity index (χ3v) is 2.40. The van der Waals surface area contributed by atoms with E-state index in [1.54, 1.807) is 7.11 Å². The number of pyridine rings is 1. The Morgan fingerprint density at radius 3 is 2.71 bits per heavy atom. The van der Waals surface area contributed by atoms with Crippen LogP contribution in [0.25, 0.3) is 0 Å². The van der Waals surface area contributed by atoms with Gasteiger partial charge in [0.15, 0.2) is 0 Å². The standard InChI is InChI=1S/C11H18N2O/c1-9-4-5-10(8-13-9)11(2,12)6-7-14-3/h4-5,8H,6-7,12H2,1-3H3. The van der Waals surface area contributed by atoms with Crippen molar-refractivity contribution in [3.63, 3.8) is 0 Å². The van der Waals surface area contributed by atoms with Gasteiger partial charge in [0.1, 0.15) is 0 Å². The minimum atomic E-state index is -0.350. The molecule has 1 unspecified atom stereocenters. The fourth-order valence-electron chi connectivity index (χ4n) is 1.26. The molecule has 3 heteroatoms. The van der Waals surface area contributed by atoms with Crippen LogP contribution in [0.2, 0.25) is 0 Å². The van der Waals surface area contributed by atoms with Crippen LogP contribution in [-0.4, -0.2) is 18.7 Å². The predicted octanol–water partition coefficient (Wildman–Crippen LogP) is 1.60. The van der Waals surface area contributed by atoms with Crippen molar-refractivity contribution in [1.29, 1.82) is 0 Å². The maximum atomic E-state index is 6.15. The highest BCUT2D eigenvalue weighted by Gasteiger charge is 2.20. The van der Waals surface area contributed by atoms with Gasteiger partial charge in [-0.3, -0.25) is 4.98 Å². The molecule has 3 nitrogen and oxygen atoms in total. The molecule has 0 aromatic carbocycles. The summed E-state index contributed by atoms with van der Waals surface area (Å²) in [5.41, 5.74) is 7.87. The van der Waals surface area contributed by atoms with E-state index in [1.807, 2.05) is 32.2 Å². The summed E-state index contributed by atoms with van der Waals surface area (Å²) in [6, 6.07) is 4.01. The van der Waals surface area contributed by atoms with Crippen molar-refractivity contribution in [2.45, 2.75) is 25.8 Å². The van der Waals surface area contributed by atoms with Gasteiger partial charge < -0.3 is 10.5 Å². The van der Waals surface area contributed by atoms with Crippen LogP contribution in [-0.2, 0) is 10.3 Å². The molecule has 1 heterocycles. The molecule has 1 aromatic heterocycles. The van der Waals surface area contributed by atoms with Crippen molar-refractivity contribution in [2.75, 3.05) is 13.7 Å². The fraction of sp³-hybridized carbons (Fsp3) is 0.545. The van der Waals surface area contributed by atoms with Crippen LogP contribution in [0.3, 0.4) is 0 Å². The van der Waals surface area contributed by atoms with Gasteiger partial charge in [0.05, 0.1) is 0 Å². The Bertz CT molecular complexity index is 280. The molecule has 1 rings (SSSR count). The molecule has 0 radical (unpaired) electrons. The SMILES string of the molecule is COCCC(C)(N)c1ccc(C)nc1. The second-order valence-corrected chi connectivity index (χ2v) is 3.85. The lowest BCUT2D eigenvalue weighted by molar-refractivity contribution is 0.172. The molecule has 0 fully saturated rings. The third-order valence-electron chi connectivity index (χ3n) is 2.40. The van der Waals surface area contributed by atoms with Crippen molar-refractivity contribution in [1.82, 2.24) is 4.98 Å². The minimum absolute atomic E-state index is 0.350. The van der Waals surface area contributed by atoms with Crippen LogP contribution in [0.4, 0.5) is 0 Å². The van der Waals surface area contributed by atoms with Crippen molar-refractivity contribution in [2.24, 2.45) is 5.73 Å². The average Bonchev–Trinajstić information content (AvgIpc) is 2.16. The molecule has 1 aromatic rings. The summed E-state index contributed by atoms with van der Waals surface area (Å²) in [4.78, 5) is 4.23. The molecule has 2 N–H and O–H groups in total. The lowest BCUT2D eigenvalue weighted by Crippen LogP contribution is -2.34. The summed E-state index contributed by atoms with van der Waals surface area (Å²) in [6.07, 6.45) is 2.64. The number of aromatic nitrogens is 1. The smallest absolute Gasteiger partial charge is 0.0483 e. The highest BCUT2D eigenvalue weighted by Crippen LogP contribution is 2.20. The fourth-order valence-corrected chi connectivity index (χ4v) is 1.26. The first kappa shape index (κ1) is 11.1. The topological polar surface area (TPSA) is 48.1 Å². The van der Waals surface area contributed by atoms with E-state index in [9.17, 15) is 0 Å². The zero-order valence-electron chi connectivity index (χ0n) is 9.08. The van der Waals surface area contributed by atoms with Gasteiger partial charge in [0, 0.05) is 31.1 Å². The third kappa shape index (κ3) is 2.79. The van der Waals surface area contributed by atoms with Crippen LogP contribution < -0.4 is 5.73 Å². The van der Waals surface area contributed by atoms with Crippen molar-refractivity contribution in [3.8, 4) is 0 Å². The van der Waals surface area contributed by atoms with Crippen molar-refractivity contribution >= 4 is 0 Å². The number of methoxy groups -OCH3 is 1. The second-order valence-electron chi connectivity index (χ2n) is 3.85. The van der Waals surface area contributed by atoms with Crippen molar-refractivity contribution in [3.05, 3.63) is 29.6 Å². The molecule has 0 spiro atoms. The Kier molecular flexibility index (Phi) is 3.61. The average molecular weight is 194 g/mol. The Morgan fingerprint density at radius 2 is 2.21 bits per heavy atom. The molecule has 1 atom stereocenters. The molecule has 0 amide bonds. The Balaban J connectivity index is 2.75. The van der Waals surface area contributed by atoms with Gasteiger partial charge in [-0.05, 0) is 31.9 Å². The summed E-state index contributed by atoms with van der Waals surface area (Å²) in [5, 5.41) is 0. The van der Waals surface area contributed by atoms with Crippen molar-refractivity contribution < 1.29 is 4.74 Å². The number of nitrogens with zero attached hydrogens (tertiary/aromatic N) is 1. The van der Waals surface area contributed by atoms with E-state index in [2.05, 4.69) is 4.98 Å². The van der Waals surface area contributed by atoms with E-state index in [-0.39, 0.29) is 5.54 Å². The van der Waals surface area contributed by atoms with E-state index in [1.165, 1.54) is 0 Å². The zero-order chi connectivity index (χ0) is 10.6. The normalized spacial score (nSPS) is 15.1. The quantitative estimate of drug-likeness (QED) is 0.792. The molecule has 0 aliphatic heterocycles. The van der Waals surface area contributed by atoms with Gasteiger partial charge >= 0.3 is 0 Å². The molecule has 0 saturated carbocycles. The summed E-state index contributed by atoms with van der Waals surface area (Å²) < 4.78 is 5.02. The predicted molar refractivity (Wildman–Crippen MR) is 57.0 cm³/mol. The number of nitrogens with two attached hydrogens (primary N) is 1. The maximum Gasteiger partial charge on any atom is 0.0483 e. The van der Waals surface area contributed by atoms with Gasteiger partial charge in [-0.1, -0.05) is 6.07 Å². The van der Waals surface area contributed by atoms with Gasteiger partial charge in [-0.15, -0.1) is 0 Å². The van der Waals surface area contributed by atoms with Gasteiger partial charge in [-0.2, -0.15) is 0 Å². The highest BCUT2D eigenvalue weighted by molar-refractivity contribution is 5.21. The summed E-state index contributed by atoms with van der Waals surface area (Å²) in [6.45, 7) is 4.63. The van der Waals surface area contributed by atoms with Gasteiger partial charge in [-0.25, -0.2) is 0 Å². The zero-order valence-corrected chi connectivity index (χ0v) is 9.08. The number of aryl methyl sites for hydroxylation is 1. The van der Waals surface area contributed by atoms with E-state index < -0.39 is 0 Å². The first-order chi connectivity index (χ1) is 6.56. The molecular formula is C11H18N2O. The van der Waals surface area contributed by atoms with E-state index >= 15 is 0 Å². The van der Waals surface area contributed by atoms with Crippen LogP contribution in [0.5, 0.6) is 0 Å². The molecule has 0 aliphatic carbocycles. The molecule has 78 valence electrons. The molecule has 0 bridgehead atoms. The first-order valence-corrected chi connectivity index (χ1v) is 4.77. The molecule has 14 heavy (non-hydrogen) atoms. The number of rotatable bonds is 4. The van der Waals surface area contributed by atoms with Gasteiger partial charge in [0.25, 0.3) is 0 Å². The number of hydrogen-bond acceptors (Lipinski definition) is 3. The van der Waals surface area contributed by atoms with Crippen LogP contribution in [0.1, 0.15) is 24.6 Å². The van der Waals surface area contributed by atoms with E-state index in [0.29, 0.717) is 6.61 Å². The summed E-state index contributed by atoms with van der Waals surface area (Å²) in [7, 11) is 1.68. The Hall–Kier alpha value is -0.930. The highest BCUT2D eigenvalue weighted by atomic mass is 16.5. The molecular weight excluding hydrogens is 176 g/mol. The largest absolute Gasteiger partial charge is 0.385 e. The monoisotopic (exact) mass is 194 g/mol. The van der Waals surface area contributed by atoms with Gasteiger partial charge in [0.2, 0.25) is 0 Å².